The van der Waals surface area contributed by atoms with E-state index in [0.29, 0.717) is 6.42 Å². The van der Waals surface area contributed by atoms with Gasteiger partial charge in [0.15, 0.2) is 5.25 Å². The van der Waals surface area contributed by atoms with E-state index >= 15 is 0 Å². The van der Waals surface area contributed by atoms with Gasteiger partial charge in [0.05, 0.1) is 12.3 Å². The molecular weight excluding hydrogens is 290 g/mol. The summed E-state index contributed by atoms with van der Waals surface area (Å²) in [6, 6.07) is 0. The van der Waals surface area contributed by atoms with Crippen LogP contribution in [0.5, 0.6) is 0 Å². The quantitative estimate of drug-likeness (QED) is 0.553. The topological polar surface area (TPSA) is 118 Å². The summed E-state index contributed by atoms with van der Waals surface area (Å²) in [5.41, 5.74) is 0. The van der Waals surface area contributed by atoms with E-state index in [1.54, 1.807) is 6.92 Å². The minimum Gasteiger partial charge on any atom is -0.330 e. The molecule has 2 unspecified atom stereocenters. The fourth-order valence-electron chi connectivity index (χ4n) is 1.72. The molecule has 1 fully saturated rings. The normalized spacial score (nSPS) is 21.1. The first-order valence-corrected chi connectivity index (χ1v) is 7.73. The summed E-state index contributed by atoms with van der Waals surface area (Å²) >= 11 is 0. The van der Waals surface area contributed by atoms with Crippen molar-refractivity contribution in [3.8, 4) is 0 Å². The number of nitrogens with zero attached hydrogens (tertiary/aromatic N) is 1. The molecule has 0 bridgehead atoms. The van der Waals surface area contributed by atoms with Gasteiger partial charge in [0.25, 0.3) is 21.9 Å². The Labute approximate surface area is 116 Å². The average Bonchev–Trinajstić information content (AvgIpc) is 2.63. The van der Waals surface area contributed by atoms with Crippen LogP contribution in [-0.2, 0) is 29.3 Å². The van der Waals surface area contributed by atoms with E-state index in [-0.39, 0.29) is 5.06 Å². The number of hydrogen-bond donors (Lipinski definition) is 1. The Balaban J connectivity index is 2.71. The second-order valence-corrected chi connectivity index (χ2v) is 6.29. The number of imide groups is 1. The van der Waals surface area contributed by atoms with Crippen molar-refractivity contribution in [3.63, 3.8) is 0 Å². The van der Waals surface area contributed by atoms with E-state index in [1.165, 1.54) is 0 Å². The van der Waals surface area contributed by atoms with E-state index in [0.717, 1.165) is 12.8 Å². The minimum atomic E-state index is -4.69. The molecule has 2 atom stereocenters. The van der Waals surface area contributed by atoms with Gasteiger partial charge in [-0.15, -0.1) is 5.06 Å². The van der Waals surface area contributed by atoms with Gasteiger partial charge in [-0.2, -0.15) is 8.42 Å². The zero-order chi connectivity index (χ0) is 15.5. The van der Waals surface area contributed by atoms with Crippen LogP contribution in [0.4, 0.5) is 0 Å². The molecule has 20 heavy (non-hydrogen) atoms. The maximum absolute atomic E-state index is 11.7. The molecule has 1 N–H and O–H groups in total. The molecule has 0 radical (unpaired) electrons. The highest BCUT2D eigenvalue weighted by Gasteiger charge is 2.48. The minimum absolute atomic E-state index is 0.128. The molecule has 1 aliphatic heterocycles. The van der Waals surface area contributed by atoms with E-state index in [9.17, 15) is 22.8 Å². The first kappa shape index (κ1) is 16.6. The summed E-state index contributed by atoms with van der Waals surface area (Å²) in [6.07, 6.45) is 1.47. The number of amides is 2. The molecule has 0 spiro atoms. The molecule has 0 aromatic heterocycles. The second-order valence-electron chi connectivity index (χ2n) is 4.69. The lowest BCUT2D eigenvalue weighted by molar-refractivity contribution is -0.200. The third kappa shape index (κ3) is 3.76. The lowest BCUT2D eigenvalue weighted by Gasteiger charge is -2.16. The Kier molecular flexibility index (Phi) is 5.23. The molecule has 1 heterocycles. The van der Waals surface area contributed by atoms with Crippen molar-refractivity contribution in [2.24, 2.45) is 5.92 Å². The molecule has 0 saturated carbocycles. The second kappa shape index (κ2) is 6.31. The van der Waals surface area contributed by atoms with Crippen LogP contribution in [0.15, 0.2) is 0 Å². The average molecular weight is 307 g/mol. The predicted octanol–water partition coefficient (Wildman–Crippen LogP) is 0.286. The van der Waals surface area contributed by atoms with Crippen LogP contribution in [-0.4, -0.2) is 41.1 Å². The van der Waals surface area contributed by atoms with Gasteiger partial charge in [-0.25, -0.2) is 4.79 Å². The fourth-order valence-corrected chi connectivity index (χ4v) is 2.42. The SMILES string of the molecule is CCCCC(C)C(=O)ON1C(=O)CC(S(=O)(=O)O)C1=O. The maximum atomic E-state index is 11.7. The predicted molar refractivity (Wildman–Crippen MR) is 66.6 cm³/mol. The van der Waals surface area contributed by atoms with Crippen LogP contribution in [0.3, 0.4) is 0 Å². The van der Waals surface area contributed by atoms with Crippen LogP contribution in [0.25, 0.3) is 0 Å². The van der Waals surface area contributed by atoms with Crippen molar-refractivity contribution in [3.05, 3.63) is 0 Å². The van der Waals surface area contributed by atoms with Gasteiger partial charge in [-0.3, -0.25) is 14.1 Å². The van der Waals surface area contributed by atoms with E-state index in [4.69, 9.17) is 4.55 Å². The van der Waals surface area contributed by atoms with Crippen LogP contribution < -0.4 is 0 Å². The van der Waals surface area contributed by atoms with Gasteiger partial charge >= 0.3 is 5.97 Å². The van der Waals surface area contributed by atoms with Crippen molar-refractivity contribution in [2.45, 2.75) is 44.8 Å². The third-order valence-corrected chi connectivity index (χ3v) is 4.08. The van der Waals surface area contributed by atoms with Gasteiger partial charge < -0.3 is 4.84 Å². The Morgan fingerprint density at radius 3 is 2.55 bits per heavy atom. The van der Waals surface area contributed by atoms with Crippen molar-refractivity contribution in [1.29, 1.82) is 0 Å². The molecular formula is C11H17NO7S. The Morgan fingerprint density at radius 1 is 1.50 bits per heavy atom. The molecule has 1 rings (SSSR count). The molecule has 0 aliphatic carbocycles. The number of hydroxylamine groups is 2. The molecule has 1 aliphatic rings. The molecule has 1 saturated heterocycles. The van der Waals surface area contributed by atoms with Gasteiger partial charge in [0.2, 0.25) is 0 Å². The van der Waals surface area contributed by atoms with E-state index in [2.05, 4.69) is 4.84 Å². The highest BCUT2D eigenvalue weighted by atomic mass is 32.2. The van der Waals surface area contributed by atoms with Gasteiger partial charge in [-0.1, -0.05) is 26.7 Å². The highest BCUT2D eigenvalue weighted by Crippen LogP contribution is 2.21. The van der Waals surface area contributed by atoms with Crippen LogP contribution in [0.2, 0.25) is 0 Å². The van der Waals surface area contributed by atoms with Gasteiger partial charge in [-0.05, 0) is 6.42 Å². The number of carbonyl (C=O) groups is 3. The van der Waals surface area contributed by atoms with Crippen LogP contribution in [0.1, 0.15) is 39.5 Å². The van der Waals surface area contributed by atoms with Crippen LogP contribution >= 0.6 is 0 Å². The lowest BCUT2D eigenvalue weighted by atomic mass is 10.1. The molecule has 0 aromatic carbocycles. The lowest BCUT2D eigenvalue weighted by Crippen LogP contribution is -2.37. The monoisotopic (exact) mass is 307 g/mol. The van der Waals surface area contributed by atoms with Crippen LogP contribution in [0, 0.1) is 5.92 Å². The van der Waals surface area contributed by atoms with Crippen molar-refractivity contribution in [1.82, 2.24) is 5.06 Å². The maximum Gasteiger partial charge on any atom is 0.335 e. The summed E-state index contributed by atoms with van der Waals surface area (Å²) in [5, 5.41) is -1.77. The Hall–Kier alpha value is -1.48. The smallest absolute Gasteiger partial charge is 0.330 e. The molecule has 114 valence electrons. The summed E-state index contributed by atoms with van der Waals surface area (Å²) < 4.78 is 30.6. The fraction of sp³-hybridized carbons (Fsp3) is 0.727. The van der Waals surface area contributed by atoms with Gasteiger partial charge in [0, 0.05) is 0 Å². The van der Waals surface area contributed by atoms with E-state index in [1.807, 2.05) is 6.92 Å². The first-order chi connectivity index (χ1) is 9.18. The molecule has 0 aromatic rings. The molecule has 2 amide bonds. The number of hydrogen-bond acceptors (Lipinski definition) is 6. The Bertz CT molecular complexity index is 513. The van der Waals surface area contributed by atoms with Gasteiger partial charge in [0.1, 0.15) is 0 Å². The number of unbranched alkanes of at least 4 members (excludes halogenated alkanes) is 1. The first-order valence-electron chi connectivity index (χ1n) is 6.23. The van der Waals surface area contributed by atoms with Crippen molar-refractivity contribution < 1.29 is 32.2 Å². The van der Waals surface area contributed by atoms with Crippen molar-refractivity contribution >= 4 is 27.9 Å². The standard InChI is InChI=1S/C11H17NO7S/c1-3-4-5-7(2)11(15)19-12-9(13)6-8(10(12)14)20(16,17)18/h7-8H,3-6H2,1-2H3,(H,16,17,18). The number of carbonyl (C=O) groups excluding carboxylic acids is 3. The zero-order valence-corrected chi connectivity index (χ0v) is 12.1. The zero-order valence-electron chi connectivity index (χ0n) is 11.2. The summed E-state index contributed by atoms with van der Waals surface area (Å²) in [5.74, 6) is -3.50. The highest BCUT2D eigenvalue weighted by molar-refractivity contribution is 7.87. The molecule has 9 heteroatoms. The van der Waals surface area contributed by atoms with Crippen molar-refractivity contribution in [2.75, 3.05) is 0 Å². The summed E-state index contributed by atoms with van der Waals surface area (Å²) in [6.45, 7) is 3.53. The van der Waals surface area contributed by atoms with E-state index < -0.39 is 45.5 Å². The largest absolute Gasteiger partial charge is 0.335 e. The number of rotatable bonds is 6. The Morgan fingerprint density at radius 2 is 2.10 bits per heavy atom. The molecule has 8 nitrogen and oxygen atoms in total. The third-order valence-electron chi connectivity index (χ3n) is 3.00. The summed E-state index contributed by atoms with van der Waals surface area (Å²) in [4.78, 5) is 39.4. The summed E-state index contributed by atoms with van der Waals surface area (Å²) in [7, 11) is -4.69.